The van der Waals surface area contributed by atoms with Crippen LogP contribution in [0.4, 0.5) is 11.6 Å². The van der Waals surface area contributed by atoms with Gasteiger partial charge in [0.15, 0.2) is 0 Å². The molecule has 0 aliphatic carbocycles. The first-order valence-corrected chi connectivity index (χ1v) is 7.09. The molecule has 1 aliphatic heterocycles. The molecule has 1 aromatic heterocycles. The number of nitrogen functional groups attached to an aromatic ring is 1. The maximum atomic E-state index is 5.92. The van der Waals surface area contributed by atoms with Gasteiger partial charge in [-0.15, -0.1) is 0 Å². The maximum absolute atomic E-state index is 5.92. The molecular formula is C16H20N4. The number of hydrogen-bond acceptors (Lipinski definition) is 4. The number of anilines is 2. The summed E-state index contributed by atoms with van der Waals surface area (Å²) in [6.45, 7) is 6.04. The van der Waals surface area contributed by atoms with Gasteiger partial charge in [0.25, 0.3) is 0 Å². The van der Waals surface area contributed by atoms with E-state index >= 15 is 0 Å². The average Bonchev–Trinajstić information content (AvgIpc) is 2.46. The van der Waals surface area contributed by atoms with E-state index in [0.717, 1.165) is 31.2 Å². The largest absolute Gasteiger partial charge is 0.384 e. The van der Waals surface area contributed by atoms with E-state index in [4.69, 9.17) is 5.73 Å². The quantitative estimate of drug-likeness (QED) is 0.910. The summed E-state index contributed by atoms with van der Waals surface area (Å²) in [6.07, 6.45) is 1.05. The first kappa shape index (κ1) is 12.9. The van der Waals surface area contributed by atoms with Crippen molar-refractivity contribution < 1.29 is 0 Å². The van der Waals surface area contributed by atoms with Gasteiger partial charge >= 0.3 is 0 Å². The van der Waals surface area contributed by atoms with Gasteiger partial charge < -0.3 is 10.6 Å². The zero-order valence-corrected chi connectivity index (χ0v) is 12.0. The Morgan fingerprint density at radius 1 is 1.15 bits per heavy atom. The van der Waals surface area contributed by atoms with Crippen molar-refractivity contribution in [2.24, 2.45) is 0 Å². The second-order valence-electron chi connectivity index (χ2n) is 5.60. The van der Waals surface area contributed by atoms with E-state index < -0.39 is 0 Å². The van der Waals surface area contributed by atoms with E-state index in [-0.39, 0.29) is 5.92 Å². The number of benzene rings is 1. The van der Waals surface area contributed by atoms with Crippen molar-refractivity contribution in [1.82, 2.24) is 9.97 Å². The first-order chi connectivity index (χ1) is 9.63. The van der Waals surface area contributed by atoms with E-state index in [1.807, 2.05) is 6.07 Å². The summed E-state index contributed by atoms with van der Waals surface area (Å²) in [4.78, 5) is 11.3. The summed E-state index contributed by atoms with van der Waals surface area (Å²) in [5.41, 5.74) is 8.74. The Labute approximate surface area is 119 Å². The normalized spacial score (nSPS) is 14.4. The molecule has 1 aliphatic rings. The van der Waals surface area contributed by atoms with E-state index in [1.165, 1.54) is 11.1 Å². The number of nitrogens with two attached hydrogens (primary N) is 1. The van der Waals surface area contributed by atoms with Gasteiger partial charge in [-0.05, 0) is 17.5 Å². The SMILES string of the molecule is CC(C)c1nc(N)cc(N2CCc3ccccc3C2)n1. The predicted octanol–water partition coefficient (Wildman–Crippen LogP) is 2.74. The number of nitrogens with zero attached hydrogens (tertiary/aromatic N) is 3. The van der Waals surface area contributed by atoms with Gasteiger partial charge in [0, 0.05) is 25.1 Å². The van der Waals surface area contributed by atoms with Crippen molar-refractivity contribution in [1.29, 1.82) is 0 Å². The Morgan fingerprint density at radius 3 is 2.65 bits per heavy atom. The molecule has 2 N–H and O–H groups in total. The highest BCUT2D eigenvalue weighted by Crippen LogP contribution is 2.25. The molecule has 0 bridgehead atoms. The lowest BCUT2D eigenvalue weighted by Gasteiger charge is -2.30. The fraction of sp³-hybridized carbons (Fsp3) is 0.375. The minimum absolute atomic E-state index is 0.286. The monoisotopic (exact) mass is 268 g/mol. The van der Waals surface area contributed by atoms with Crippen molar-refractivity contribution in [2.45, 2.75) is 32.7 Å². The molecule has 4 nitrogen and oxygen atoms in total. The summed E-state index contributed by atoms with van der Waals surface area (Å²) in [5.74, 6) is 2.60. The second kappa shape index (κ2) is 5.12. The zero-order chi connectivity index (χ0) is 14.1. The van der Waals surface area contributed by atoms with Crippen LogP contribution in [0.15, 0.2) is 30.3 Å². The minimum Gasteiger partial charge on any atom is -0.384 e. The van der Waals surface area contributed by atoms with Crippen LogP contribution in [0.2, 0.25) is 0 Å². The van der Waals surface area contributed by atoms with Gasteiger partial charge in [-0.1, -0.05) is 38.1 Å². The lowest BCUT2D eigenvalue weighted by atomic mass is 10.00. The second-order valence-corrected chi connectivity index (χ2v) is 5.60. The number of aromatic nitrogens is 2. The highest BCUT2D eigenvalue weighted by molar-refractivity contribution is 5.49. The molecule has 2 heterocycles. The third kappa shape index (κ3) is 2.46. The highest BCUT2D eigenvalue weighted by Gasteiger charge is 2.18. The Morgan fingerprint density at radius 2 is 1.90 bits per heavy atom. The van der Waals surface area contributed by atoms with Crippen LogP contribution in [0.25, 0.3) is 0 Å². The van der Waals surface area contributed by atoms with E-state index in [0.29, 0.717) is 5.82 Å². The summed E-state index contributed by atoms with van der Waals surface area (Å²) in [6, 6.07) is 10.5. The maximum Gasteiger partial charge on any atom is 0.135 e. The molecule has 0 atom stereocenters. The molecule has 0 unspecified atom stereocenters. The molecule has 3 rings (SSSR count). The third-order valence-corrected chi connectivity index (χ3v) is 3.72. The van der Waals surface area contributed by atoms with E-state index in [1.54, 1.807) is 0 Å². The summed E-state index contributed by atoms with van der Waals surface area (Å²) in [7, 11) is 0. The lowest BCUT2D eigenvalue weighted by molar-refractivity contribution is 0.704. The molecule has 20 heavy (non-hydrogen) atoms. The Balaban J connectivity index is 1.91. The van der Waals surface area contributed by atoms with Gasteiger partial charge in [-0.3, -0.25) is 0 Å². The summed E-state index contributed by atoms with van der Waals surface area (Å²) >= 11 is 0. The standard InChI is InChI=1S/C16H20N4/c1-11(2)16-18-14(17)9-15(19-16)20-8-7-12-5-3-4-6-13(12)10-20/h3-6,9,11H,7-8,10H2,1-2H3,(H2,17,18,19). The van der Waals surface area contributed by atoms with Crippen LogP contribution in [-0.2, 0) is 13.0 Å². The fourth-order valence-corrected chi connectivity index (χ4v) is 2.58. The molecule has 2 aromatic rings. The molecule has 104 valence electrons. The van der Waals surface area contributed by atoms with Gasteiger partial charge in [0.1, 0.15) is 17.5 Å². The predicted molar refractivity (Wildman–Crippen MR) is 81.7 cm³/mol. The lowest BCUT2D eigenvalue weighted by Crippen LogP contribution is -2.31. The number of rotatable bonds is 2. The Hall–Kier alpha value is -2.10. The molecule has 0 fully saturated rings. The van der Waals surface area contributed by atoms with Crippen molar-refractivity contribution in [3.8, 4) is 0 Å². The van der Waals surface area contributed by atoms with Crippen LogP contribution in [0, 0.1) is 0 Å². The van der Waals surface area contributed by atoms with Crippen LogP contribution in [-0.4, -0.2) is 16.5 Å². The topological polar surface area (TPSA) is 55.0 Å². The van der Waals surface area contributed by atoms with Gasteiger partial charge in [0.2, 0.25) is 0 Å². The zero-order valence-electron chi connectivity index (χ0n) is 12.0. The van der Waals surface area contributed by atoms with Crippen molar-refractivity contribution in [3.63, 3.8) is 0 Å². The smallest absolute Gasteiger partial charge is 0.135 e. The number of fused-ring (bicyclic) bond motifs is 1. The Bertz CT molecular complexity index is 622. The summed E-state index contributed by atoms with van der Waals surface area (Å²) in [5, 5.41) is 0. The van der Waals surface area contributed by atoms with Crippen molar-refractivity contribution >= 4 is 11.6 Å². The van der Waals surface area contributed by atoms with Crippen LogP contribution >= 0.6 is 0 Å². The van der Waals surface area contributed by atoms with Gasteiger partial charge in [-0.2, -0.15) is 0 Å². The van der Waals surface area contributed by atoms with Crippen LogP contribution in [0.5, 0.6) is 0 Å². The highest BCUT2D eigenvalue weighted by atomic mass is 15.2. The van der Waals surface area contributed by atoms with Crippen LogP contribution in [0.1, 0.15) is 36.7 Å². The van der Waals surface area contributed by atoms with Gasteiger partial charge in [0.05, 0.1) is 0 Å². The Kier molecular flexibility index (Phi) is 3.30. The van der Waals surface area contributed by atoms with Crippen molar-refractivity contribution in [3.05, 3.63) is 47.3 Å². The summed E-state index contributed by atoms with van der Waals surface area (Å²) < 4.78 is 0. The molecule has 0 radical (unpaired) electrons. The van der Waals surface area contributed by atoms with E-state index in [2.05, 4.69) is 53.0 Å². The molecule has 0 saturated carbocycles. The fourth-order valence-electron chi connectivity index (χ4n) is 2.58. The molecule has 4 heteroatoms. The third-order valence-electron chi connectivity index (χ3n) is 3.72. The first-order valence-electron chi connectivity index (χ1n) is 7.09. The molecule has 1 aromatic carbocycles. The van der Waals surface area contributed by atoms with Gasteiger partial charge in [-0.25, -0.2) is 9.97 Å². The average molecular weight is 268 g/mol. The van der Waals surface area contributed by atoms with E-state index in [9.17, 15) is 0 Å². The molecular weight excluding hydrogens is 248 g/mol. The molecule has 0 spiro atoms. The minimum atomic E-state index is 0.286. The molecule has 0 amide bonds. The van der Waals surface area contributed by atoms with Crippen LogP contribution in [0.3, 0.4) is 0 Å². The van der Waals surface area contributed by atoms with Crippen LogP contribution < -0.4 is 10.6 Å². The number of hydrogen-bond donors (Lipinski definition) is 1. The van der Waals surface area contributed by atoms with Crippen molar-refractivity contribution in [2.75, 3.05) is 17.2 Å². The molecule has 0 saturated heterocycles.